The maximum Gasteiger partial charge on any atom is 0.311 e. The first-order valence-corrected chi connectivity index (χ1v) is 11.0. The van der Waals surface area contributed by atoms with Crippen molar-refractivity contribution in [3.05, 3.63) is 70.9 Å². The number of carbonyl (C=O) groups excluding carboxylic acids is 1. The monoisotopic (exact) mass is 486 g/mol. The Morgan fingerprint density at radius 3 is 2.47 bits per heavy atom. The number of nitrogens with zero attached hydrogens (tertiary/aromatic N) is 1. The van der Waals surface area contributed by atoms with Crippen LogP contribution >= 0.6 is 11.6 Å². The van der Waals surface area contributed by atoms with E-state index in [0.717, 1.165) is 16.7 Å². The van der Waals surface area contributed by atoms with Gasteiger partial charge in [0.1, 0.15) is 0 Å². The maximum absolute atomic E-state index is 12.8. The highest BCUT2D eigenvalue weighted by atomic mass is 35.5. The maximum atomic E-state index is 12.8. The van der Waals surface area contributed by atoms with Gasteiger partial charge in [0.05, 0.1) is 25.2 Å². The number of aromatic nitrogens is 1. The fraction of sp³-hybridized carbons (Fsp3) is 0.320. The van der Waals surface area contributed by atoms with Gasteiger partial charge in [-0.15, -0.1) is 0 Å². The molecule has 8 nitrogen and oxygen atoms in total. The highest BCUT2D eigenvalue weighted by molar-refractivity contribution is 6.30. The molecule has 3 rings (SSSR count). The minimum Gasteiger partial charge on any atom is -0.481 e. The second kappa shape index (κ2) is 11.2. The lowest BCUT2D eigenvalue weighted by molar-refractivity contribution is -0.152. The smallest absolute Gasteiger partial charge is 0.311 e. The molecule has 0 fully saturated rings. The summed E-state index contributed by atoms with van der Waals surface area (Å²) in [5.41, 5.74) is 1.71. The Bertz CT molecular complexity index is 1130. The number of aliphatic carboxylic acids is 1. The van der Waals surface area contributed by atoms with Crippen LogP contribution in [-0.2, 0) is 16.0 Å². The fourth-order valence-corrected chi connectivity index (χ4v) is 3.94. The van der Waals surface area contributed by atoms with Crippen molar-refractivity contribution in [2.24, 2.45) is 5.41 Å². The highest BCUT2D eigenvalue weighted by Gasteiger charge is 2.37. The molecule has 34 heavy (non-hydrogen) atoms. The number of methoxy groups -OCH3 is 2. The Hall–Kier alpha value is -3.36. The normalized spacial score (nSPS) is 13.6. The first-order valence-electron chi connectivity index (χ1n) is 10.6. The van der Waals surface area contributed by atoms with Gasteiger partial charge in [0.15, 0.2) is 0 Å². The molecule has 0 aliphatic carbocycles. The van der Waals surface area contributed by atoms with Crippen LogP contribution in [0.25, 0.3) is 11.1 Å². The topological polar surface area (TPSA) is 111 Å². The average Bonchev–Trinajstić information content (AvgIpc) is 3.29. The van der Waals surface area contributed by atoms with Gasteiger partial charge in [0.25, 0.3) is 11.8 Å². The Kier molecular flexibility index (Phi) is 8.31. The first kappa shape index (κ1) is 25.3. The van der Waals surface area contributed by atoms with Crippen molar-refractivity contribution >= 4 is 23.5 Å². The number of nitrogens with one attached hydrogen (secondary N) is 1. The summed E-state index contributed by atoms with van der Waals surface area (Å²) in [6.07, 6.45) is 0.544. The summed E-state index contributed by atoms with van der Waals surface area (Å²) in [6.45, 7) is 1.59. The second-order valence-electron chi connectivity index (χ2n) is 8.32. The van der Waals surface area contributed by atoms with Gasteiger partial charge in [0.2, 0.25) is 5.76 Å². The van der Waals surface area contributed by atoms with Gasteiger partial charge in [0, 0.05) is 18.2 Å². The predicted octanol–water partition coefficient (Wildman–Crippen LogP) is 4.47. The largest absolute Gasteiger partial charge is 0.481 e. The molecule has 180 valence electrons. The lowest BCUT2D eigenvalue weighted by atomic mass is 9.82. The molecule has 0 spiro atoms. The van der Waals surface area contributed by atoms with E-state index in [1.165, 1.54) is 20.3 Å². The van der Waals surface area contributed by atoms with E-state index in [4.69, 9.17) is 25.6 Å². The molecular formula is C25H27ClN2O6. The molecule has 0 saturated carbocycles. The number of carbonyl (C=O) groups is 2. The molecule has 0 saturated heterocycles. The molecule has 0 aliphatic rings. The average molecular weight is 487 g/mol. The van der Waals surface area contributed by atoms with Crippen molar-refractivity contribution in [3.63, 3.8) is 0 Å². The molecule has 9 heteroatoms. The van der Waals surface area contributed by atoms with E-state index >= 15 is 0 Å². The molecule has 2 aromatic carbocycles. The molecular weight excluding hydrogens is 460 g/mol. The van der Waals surface area contributed by atoms with Gasteiger partial charge in [-0.3, -0.25) is 9.59 Å². The zero-order chi connectivity index (χ0) is 24.7. The summed E-state index contributed by atoms with van der Waals surface area (Å²) in [7, 11) is 2.86. The molecule has 0 aliphatic heterocycles. The Morgan fingerprint density at radius 2 is 1.88 bits per heavy atom. The SMILES string of the molecule is COCC(C)(C[C@@H](Cc1ccc(-c2cccc(Cl)c2)cc1)NC(=O)c1cc(OC)no1)C(=O)O. The summed E-state index contributed by atoms with van der Waals surface area (Å²) in [5, 5.41) is 17.0. The zero-order valence-electron chi connectivity index (χ0n) is 19.2. The lowest BCUT2D eigenvalue weighted by Crippen LogP contribution is -2.44. The molecule has 1 heterocycles. The Labute approximate surface area is 202 Å². The van der Waals surface area contributed by atoms with Crippen molar-refractivity contribution < 1.29 is 28.7 Å². The first-order chi connectivity index (χ1) is 16.2. The number of hydrogen-bond acceptors (Lipinski definition) is 6. The van der Waals surface area contributed by atoms with Crippen LogP contribution < -0.4 is 10.1 Å². The molecule has 0 radical (unpaired) electrons. The number of rotatable bonds is 11. The van der Waals surface area contributed by atoms with Crippen LogP contribution in [-0.4, -0.2) is 49.0 Å². The third-order valence-corrected chi connectivity index (χ3v) is 5.76. The number of amides is 1. The number of carboxylic acids is 1. The molecule has 1 aromatic heterocycles. The summed E-state index contributed by atoms with van der Waals surface area (Å²) in [6, 6.07) is 16.2. The number of ether oxygens (including phenoxy) is 2. The number of carboxylic acid groups (broad SMARTS) is 1. The van der Waals surface area contributed by atoms with Gasteiger partial charge in [-0.05, 0) is 53.7 Å². The Balaban J connectivity index is 1.82. The van der Waals surface area contributed by atoms with Crippen molar-refractivity contribution in [2.45, 2.75) is 25.8 Å². The number of hydrogen-bond donors (Lipinski definition) is 2. The van der Waals surface area contributed by atoms with Crippen molar-refractivity contribution in [2.75, 3.05) is 20.8 Å². The minimum absolute atomic E-state index is 0.00145. The van der Waals surface area contributed by atoms with E-state index in [9.17, 15) is 14.7 Å². The van der Waals surface area contributed by atoms with E-state index in [-0.39, 0.29) is 24.7 Å². The van der Waals surface area contributed by atoms with Crippen LogP contribution in [0.15, 0.2) is 59.1 Å². The van der Waals surface area contributed by atoms with Gasteiger partial charge >= 0.3 is 5.97 Å². The van der Waals surface area contributed by atoms with E-state index in [0.29, 0.717) is 11.4 Å². The van der Waals surface area contributed by atoms with E-state index in [2.05, 4.69) is 10.5 Å². The molecule has 1 amide bonds. The van der Waals surface area contributed by atoms with Gasteiger partial charge < -0.3 is 24.4 Å². The summed E-state index contributed by atoms with van der Waals surface area (Å²) < 4.78 is 15.1. The van der Waals surface area contributed by atoms with Crippen LogP contribution in [0.2, 0.25) is 5.02 Å². The highest BCUT2D eigenvalue weighted by Crippen LogP contribution is 2.27. The second-order valence-corrected chi connectivity index (χ2v) is 8.75. The van der Waals surface area contributed by atoms with E-state index in [1.807, 2.05) is 48.5 Å². The van der Waals surface area contributed by atoms with Crippen molar-refractivity contribution in [1.29, 1.82) is 0 Å². The van der Waals surface area contributed by atoms with Crippen LogP contribution in [0.4, 0.5) is 0 Å². The third-order valence-electron chi connectivity index (χ3n) is 5.53. The summed E-state index contributed by atoms with van der Waals surface area (Å²) in [4.78, 5) is 24.7. The lowest BCUT2D eigenvalue weighted by Gasteiger charge is -2.29. The van der Waals surface area contributed by atoms with Crippen LogP contribution in [0, 0.1) is 5.41 Å². The molecule has 2 atom stereocenters. The van der Waals surface area contributed by atoms with Crippen LogP contribution in [0.5, 0.6) is 5.88 Å². The van der Waals surface area contributed by atoms with Gasteiger partial charge in [-0.2, -0.15) is 0 Å². The standard InChI is InChI=1S/C25H27ClN2O6/c1-25(15-32-2,24(30)31)14-20(27-23(29)21-13-22(33-3)28-34-21)11-16-7-9-17(10-8-16)18-5-4-6-19(26)12-18/h4-10,12-13,20H,11,14-15H2,1-3H3,(H,27,29)(H,30,31)/t20-,25?/m1/s1. The van der Waals surface area contributed by atoms with Crippen molar-refractivity contribution in [1.82, 2.24) is 10.5 Å². The zero-order valence-corrected chi connectivity index (χ0v) is 20.0. The van der Waals surface area contributed by atoms with Gasteiger partial charge in [-0.1, -0.05) is 48.0 Å². The van der Waals surface area contributed by atoms with Crippen molar-refractivity contribution in [3.8, 4) is 17.0 Å². The minimum atomic E-state index is -1.20. The van der Waals surface area contributed by atoms with E-state index in [1.54, 1.807) is 6.92 Å². The third kappa shape index (κ3) is 6.36. The van der Waals surface area contributed by atoms with Crippen LogP contribution in [0.1, 0.15) is 29.5 Å². The predicted molar refractivity (Wildman–Crippen MR) is 127 cm³/mol. The van der Waals surface area contributed by atoms with Gasteiger partial charge in [-0.25, -0.2) is 0 Å². The number of benzene rings is 2. The quantitative estimate of drug-likeness (QED) is 0.411. The Morgan fingerprint density at radius 1 is 1.15 bits per heavy atom. The molecule has 0 bridgehead atoms. The molecule has 2 N–H and O–H groups in total. The number of halogens is 1. The molecule has 1 unspecified atom stereocenters. The molecule has 3 aromatic rings. The van der Waals surface area contributed by atoms with E-state index < -0.39 is 23.3 Å². The summed E-state index contributed by atoms with van der Waals surface area (Å²) >= 11 is 6.10. The fourth-order valence-electron chi connectivity index (χ4n) is 3.75. The van der Waals surface area contributed by atoms with Crippen LogP contribution in [0.3, 0.4) is 0 Å². The summed E-state index contributed by atoms with van der Waals surface area (Å²) in [5.74, 6) is -1.37.